The Morgan fingerprint density at radius 2 is 2.43 bits per heavy atom. The minimum Gasteiger partial charge on any atom is -0.378 e. The van der Waals surface area contributed by atoms with Crippen LogP contribution in [0.25, 0.3) is 0 Å². The van der Waals surface area contributed by atoms with Crippen molar-refractivity contribution in [3.8, 4) is 0 Å². The van der Waals surface area contributed by atoms with Crippen molar-refractivity contribution in [1.82, 2.24) is 0 Å². The Morgan fingerprint density at radius 3 is 2.93 bits per heavy atom. The van der Waals surface area contributed by atoms with Crippen molar-refractivity contribution in [1.29, 1.82) is 0 Å². The van der Waals surface area contributed by atoms with Crippen LogP contribution in [0.3, 0.4) is 0 Å². The Balaban J connectivity index is 2.15. The van der Waals surface area contributed by atoms with Gasteiger partial charge < -0.3 is 4.74 Å². The molecule has 0 N–H and O–H groups in total. The zero-order valence-corrected chi connectivity index (χ0v) is 10.7. The third kappa shape index (κ3) is 3.74. The molecule has 82 valence electrons. The molecule has 0 aliphatic carbocycles. The predicted octanol–water partition coefficient (Wildman–Crippen LogP) is 3.92. The molecule has 14 heavy (non-hydrogen) atoms. The van der Waals surface area contributed by atoms with E-state index in [4.69, 9.17) is 4.74 Å². The van der Waals surface area contributed by atoms with Crippen LogP contribution in [0.5, 0.6) is 0 Å². The lowest BCUT2D eigenvalue weighted by Crippen LogP contribution is -2.15. The summed E-state index contributed by atoms with van der Waals surface area (Å²) in [5.41, 5.74) is 0.263. The molecular formula is C12H21BrO. The van der Waals surface area contributed by atoms with Crippen LogP contribution in [0.15, 0.2) is 12.7 Å². The molecule has 1 saturated heterocycles. The molecule has 0 aromatic heterocycles. The molecule has 1 heterocycles. The highest BCUT2D eigenvalue weighted by molar-refractivity contribution is 9.09. The fourth-order valence-corrected chi connectivity index (χ4v) is 2.34. The van der Waals surface area contributed by atoms with Crippen molar-refractivity contribution < 1.29 is 4.74 Å². The van der Waals surface area contributed by atoms with E-state index in [-0.39, 0.29) is 5.41 Å². The second kappa shape index (κ2) is 5.92. The van der Waals surface area contributed by atoms with Gasteiger partial charge in [-0.25, -0.2) is 0 Å². The molecule has 0 aromatic rings. The van der Waals surface area contributed by atoms with Crippen LogP contribution in [0.2, 0.25) is 0 Å². The lowest BCUT2D eigenvalue weighted by atomic mass is 9.87. The van der Waals surface area contributed by atoms with E-state index in [1.807, 2.05) is 0 Å². The SMILES string of the molecule is C=CC(C)(CBr)CCCC1CCCO1. The normalized spacial score (nSPS) is 26.0. The van der Waals surface area contributed by atoms with Crippen LogP contribution in [0, 0.1) is 5.41 Å². The standard InChI is InChI=1S/C12H21BrO/c1-3-12(2,10-13)8-4-6-11-7-5-9-14-11/h3,11H,1,4-10H2,2H3. The number of rotatable bonds is 6. The number of alkyl halides is 1. The Kier molecular flexibility index (Phi) is 5.18. The van der Waals surface area contributed by atoms with E-state index in [0.717, 1.165) is 11.9 Å². The van der Waals surface area contributed by atoms with Crippen molar-refractivity contribution in [3.05, 3.63) is 12.7 Å². The van der Waals surface area contributed by atoms with Crippen molar-refractivity contribution in [2.75, 3.05) is 11.9 Å². The summed E-state index contributed by atoms with van der Waals surface area (Å²) in [6, 6.07) is 0. The van der Waals surface area contributed by atoms with Gasteiger partial charge in [0.05, 0.1) is 6.10 Å². The lowest BCUT2D eigenvalue weighted by molar-refractivity contribution is 0.100. The third-order valence-corrected chi connectivity index (χ3v) is 4.38. The van der Waals surface area contributed by atoms with E-state index in [1.165, 1.54) is 32.1 Å². The molecule has 0 aromatic carbocycles. The van der Waals surface area contributed by atoms with Crippen molar-refractivity contribution in [3.63, 3.8) is 0 Å². The summed E-state index contributed by atoms with van der Waals surface area (Å²) in [5, 5.41) is 1.01. The average molecular weight is 261 g/mol. The first-order valence-corrected chi connectivity index (χ1v) is 6.63. The summed E-state index contributed by atoms with van der Waals surface area (Å²) in [5.74, 6) is 0. The van der Waals surface area contributed by atoms with Gasteiger partial charge in [0.1, 0.15) is 0 Å². The summed E-state index contributed by atoms with van der Waals surface area (Å²) >= 11 is 3.54. The van der Waals surface area contributed by atoms with Gasteiger partial charge in [-0.2, -0.15) is 0 Å². The van der Waals surface area contributed by atoms with Gasteiger partial charge in [-0.15, -0.1) is 6.58 Å². The molecule has 0 saturated carbocycles. The van der Waals surface area contributed by atoms with Crippen LogP contribution in [-0.2, 0) is 4.74 Å². The maximum Gasteiger partial charge on any atom is 0.0576 e. The molecule has 1 aliphatic rings. The fourth-order valence-electron chi connectivity index (χ4n) is 1.83. The van der Waals surface area contributed by atoms with E-state index < -0.39 is 0 Å². The van der Waals surface area contributed by atoms with Gasteiger partial charge in [0, 0.05) is 11.9 Å². The molecule has 0 radical (unpaired) electrons. The quantitative estimate of drug-likeness (QED) is 0.520. The summed E-state index contributed by atoms with van der Waals surface area (Å²) in [7, 11) is 0. The second-order valence-corrected chi connectivity index (χ2v) is 5.08. The van der Waals surface area contributed by atoms with Crippen LogP contribution in [0.4, 0.5) is 0 Å². The van der Waals surface area contributed by atoms with Gasteiger partial charge >= 0.3 is 0 Å². The maximum absolute atomic E-state index is 5.60. The van der Waals surface area contributed by atoms with Gasteiger partial charge in [-0.05, 0) is 37.5 Å². The molecule has 2 atom stereocenters. The Bertz CT molecular complexity index is 175. The number of ether oxygens (including phenoxy) is 1. The van der Waals surface area contributed by atoms with Crippen LogP contribution < -0.4 is 0 Å². The molecule has 0 spiro atoms. The molecule has 2 heteroatoms. The molecule has 1 rings (SSSR count). The van der Waals surface area contributed by atoms with Crippen LogP contribution in [0.1, 0.15) is 39.0 Å². The Hall–Kier alpha value is 0.180. The maximum atomic E-state index is 5.60. The minimum absolute atomic E-state index is 0.263. The molecular weight excluding hydrogens is 240 g/mol. The molecule has 2 unspecified atom stereocenters. The first kappa shape index (κ1) is 12.3. The van der Waals surface area contributed by atoms with Crippen molar-refractivity contribution >= 4 is 15.9 Å². The van der Waals surface area contributed by atoms with Crippen LogP contribution in [-0.4, -0.2) is 18.0 Å². The topological polar surface area (TPSA) is 9.23 Å². The van der Waals surface area contributed by atoms with E-state index in [2.05, 4.69) is 35.5 Å². The largest absolute Gasteiger partial charge is 0.378 e. The molecule has 1 aliphatic heterocycles. The smallest absolute Gasteiger partial charge is 0.0576 e. The minimum atomic E-state index is 0.263. The highest BCUT2D eigenvalue weighted by atomic mass is 79.9. The highest BCUT2D eigenvalue weighted by Crippen LogP contribution is 2.29. The van der Waals surface area contributed by atoms with E-state index in [1.54, 1.807) is 0 Å². The number of allylic oxidation sites excluding steroid dienone is 1. The van der Waals surface area contributed by atoms with E-state index >= 15 is 0 Å². The summed E-state index contributed by atoms with van der Waals surface area (Å²) in [6.07, 6.45) is 8.80. The average Bonchev–Trinajstić information content (AvgIpc) is 2.70. The zero-order chi connectivity index (χ0) is 10.4. The molecule has 1 nitrogen and oxygen atoms in total. The first-order chi connectivity index (χ1) is 6.70. The Morgan fingerprint density at radius 1 is 1.64 bits per heavy atom. The zero-order valence-electron chi connectivity index (χ0n) is 9.10. The predicted molar refractivity (Wildman–Crippen MR) is 64.9 cm³/mol. The fraction of sp³-hybridized carbons (Fsp3) is 0.833. The molecule has 0 bridgehead atoms. The van der Waals surface area contributed by atoms with Gasteiger partial charge in [-0.1, -0.05) is 28.9 Å². The Labute approximate surface area is 96.0 Å². The number of hydrogen-bond donors (Lipinski definition) is 0. The molecule has 1 fully saturated rings. The van der Waals surface area contributed by atoms with Crippen LogP contribution >= 0.6 is 15.9 Å². The van der Waals surface area contributed by atoms with Gasteiger partial charge in [0.25, 0.3) is 0 Å². The lowest BCUT2D eigenvalue weighted by Gasteiger charge is -2.23. The summed E-state index contributed by atoms with van der Waals surface area (Å²) < 4.78 is 5.60. The number of halogens is 1. The van der Waals surface area contributed by atoms with Crippen molar-refractivity contribution in [2.24, 2.45) is 5.41 Å². The summed E-state index contributed by atoms with van der Waals surface area (Å²) in [6.45, 7) is 7.12. The van der Waals surface area contributed by atoms with E-state index in [0.29, 0.717) is 6.10 Å². The van der Waals surface area contributed by atoms with E-state index in [9.17, 15) is 0 Å². The monoisotopic (exact) mass is 260 g/mol. The summed E-state index contributed by atoms with van der Waals surface area (Å²) in [4.78, 5) is 0. The second-order valence-electron chi connectivity index (χ2n) is 4.52. The van der Waals surface area contributed by atoms with Crippen molar-refractivity contribution in [2.45, 2.75) is 45.1 Å². The third-order valence-electron chi connectivity index (χ3n) is 3.10. The molecule has 0 amide bonds. The highest BCUT2D eigenvalue weighted by Gasteiger charge is 2.20. The number of hydrogen-bond acceptors (Lipinski definition) is 1. The van der Waals surface area contributed by atoms with Gasteiger partial charge in [0.2, 0.25) is 0 Å². The van der Waals surface area contributed by atoms with Gasteiger partial charge in [0.15, 0.2) is 0 Å². The first-order valence-electron chi connectivity index (χ1n) is 5.51. The van der Waals surface area contributed by atoms with Gasteiger partial charge in [-0.3, -0.25) is 0 Å².